The summed E-state index contributed by atoms with van der Waals surface area (Å²) in [7, 11) is 0. The highest BCUT2D eigenvalue weighted by Crippen LogP contribution is 2.29. The maximum Gasteiger partial charge on any atom is 0.244 e. The van der Waals surface area contributed by atoms with Gasteiger partial charge in [0.25, 0.3) is 0 Å². The van der Waals surface area contributed by atoms with E-state index in [4.69, 9.17) is 16.3 Å². The van der Waals surface area contributed by atoms with Gasteiger partial charge in [-0.05, 0) is 43.7 Å². The summed E-state index contributed by atoms with van der Waals surface area (Å²) >= 11 is 5.94. The van der Waals surface area contributed by atoms with Crippen LogP contribution in [0.2, 0.25) is 5.02 Å². The normalized spacial score (nSPS) is 14.0. The molecule has 3 nitrogen and oxygen atoms in total. The van der Waals surface area contributed by atoms with E-state index in [0.29, 0.717) is 11.6 Å². The first-order valence-electron chi connectivity index (χ1n) is 6.16. The van der Waals surface area contributed by atoms with Crippen molar-refractivity contribution in [3.05, 3.63) is 46.5 Å². The Labute approximate surface area is 117 Å². The van der Waals surface area contributed by atoms with Crippen LogP contribution in [0.25, 0.3) is 6.08 Å². The molecule has 0 atom stereocenters. The average Bonchev–Trinajstić information content (AvgIpc) is 2.35. The number of ether oxygens (including phenoxy) is 1. The molecule has 1 aliphatic rings. The van der Waals surface area contributed by atoms with Gasteiger partial charge in [-0.1, -0.05) is 17.7 Å². The second kappa shape index (κ2) is 5.93. The molecule has 1 aliphatic heterocycles. The molecule has 1 N–H and O–H groups in total. The van der Waals surface area contributed by atoms with Crippen molar-refractivity contribution in [2.75, 3.05) is 6.61 Å². The predicted molar refractivity (Wildman–Crippen MR) is 77.3 cm³/mol. The van der Waals surface area contributed by atoms with Crippen molar-refractivity contribution in [3.63, 3.8) is 0 Å². The molecule has 4 heteroatoms. The zero-order valence-electron chi connectivity index (χ0n) is 10.9. The van der Waals surface area contributed by atoms with Crippen LogP contribution in [0, 0.1) is 0 Å². The lowest BCUT2D eigenvalue weighted by atomic mass is 10.1. The zero-order chi connectivity index (χ0) is 13.8. The number of rotatable bonds is 3. The van der Waals surface area contributed by atoms with Crippen LogP contribution in [-0.4, -0.2) is 18.6 Å². The highest BCUT2D eigenvalue weighted by atomic mass is 35.5. The van der Waals surface area contributed by atoms with Gasteiger partial charge >= 0.3 is 0 Å². The van der Waals surface area contributed by atoms with Crippen LogP contribution >= 0.6 is 11.6 Å². The van der Waals surface area contributed by atoms with Crippen LogP contribution in [0.15, 0.2) is 35.9 Å². The van der Waals surface area contributed by atoms with Gasteiger partial charge in [-0.3, -0.25) is 4.79 Å². The summed E-state index contributed by atoms with van der Waals surface area (Å²) in [5.41, 5.74) is 1.87. The third kappa shape index (κ3) is 3.86. The molecule has 0 saturated heterocycles. The lowest BCUT2D eigenvalue weighted by Crippen LogP contribution is -2.28. The minimum Gasteiger partial charge on any atom is -0.488 e. The van der Waals surface area contributed by atoms with E-state index in [9.17, 15) is 4.79 Å². The molecule has 0 unspecified atom stereocenters. The molecule has 19 heavy (non-hydrogen) atoms. The predicted octanol–water partition coefficient (Wildman–Crippen LogP) is 3.20. The third-order valence-electron chi connectivity index (χ3n) is 2.59. The first kappa shape index (κ1) is 13.7. The standard InChI is InChI=1S/C15H16ClNO2/c1-10(2)17-15(18)6-3-11-7-12-8-13(16)4-5-14(12)19-9-11/h3-8,10H,9H2,1-2H3,(H,17,18)/b6-3+. The van der Waals surface area contributed by atoms with Crippen LogP contribution in [0.1, 0.15) is 19.4 Å². The second-order valence-corrected chi connectivity index (χ2v) is 5.12. The SMILES string of the molecule is CC(C)NC(=O)/C=C/C1=Cc2cc(Cl)ccc2OC1. The van der Waals surface area contributed by atoms with Crippen LogP contribution in [-0.2, 0) is 4.79 Å². The molecule has 0 spiro atoms. The molecular weight excluding hydrogens is 262 g/mol. The van der Waals surface area contributed by atoms with E-state index in [0.717, 1.165) is 16.9 Å². The summed E-state index contributed by atoms with van der Waals surface area (Å²) in [6.07, 6.45) is 5.26. The molecule has 100 valence electrons. The Morgan fingerprint density at radius 2 is 2.26 bits per heavy atom. The molecular formula is C15H16ClNO2. The Morgan fingerprint density at radius 1 is 1.47 bits per heavy atom. The topological polar surface area (TPSA) is 38.3 Å². The van der Waals surface area contributed by atoms with Crippen LogP contribution in [0.3, 0.4) is 0 Å². The molecule has 1 aromatic rings. The van der Waals surface area contributed by atoms with E-state index in [1.54, 1.807) is 12.1 Å². The number of nitrogens with one attached hydrogen (secondary N) is 1. The Kier molecular flexibility index (Phi) is 4.27. The van der Waals surface area contributed by atoms with Crippen molar-refractivity contribution in [1.29, 1.82) is 0 Å². The van der Waals surface area contributed by atoms with Crippen molar-refractivity contribution >= 4 is 23.6 Å². The van der Waals surface area contributed by atoms with Gasteiger partial charge in [0.2, 0.25) is 5.91 Å². The van der Waals surface area contributed by atoms with Gasteiger partial charge in [-0.15, -0.1) is 0 Å². The van der Waals surface area contributed by atoms with Crippen molar-refractivity contribution in [2.45, 2.75) is 19.9 Å². The smallest absolute Gasteiger partial charge is 0.244 e. The van der Waals surface area contributed by atoms with E-state index in [2.05, 4.69) is 5.32 Å². The molecule has 1 aromatic carbocycles. The number of carbonyl (C=O) groups excluding carboxylic acids is 1. The molecule has 0 radical (unpaired) electrons. The summed E-state index contributed by atoms with van der Waals surface area (Å²) < 4.78 is 5.59. The number of benzene rings is 1. The monoisotopic (exact) mass is 277 g/mol. The molecule has 1 heterocycles. The molecule has 2 rings (SSSR count). The number of hydrogen-bond acceptors (Lipinski definition) is 2. The number of carbonyl (C=O) groups is 1. The minimum absolute atomic E-state index is 0.104. The summed E-state index contributed by atoms with van der Waals surface area (Å²) in [5.74, 6) is 0.709. The Balaban J connectivity index is 2.11. The fourth-order valence-corrected chi connectivity index (χ4v) is 1.96. The second-order valence-electron chi connectivity index (χ2n) is 4.69. The Hall–Kier alpha value is -1.74. The van der Waals surface area contributed by atoms with Crippen LogP contribution < -0.4 is 10.1 Å². The molecule has 0 aromatic heterocycles. The lowest BCUT2D eigenvalue weighted by Gasteiger charge is -2.16. The van der Waals surface area contributed by atoms with Crippen molar-refractivity contribution in [1.82, 2.24) is 5.32 Å². The number of fused-ring (bicyclic) bond motifs is 1. The van der Waals surface area contributed by atoms with E-state index in [-0.39, 0.29) is 11.9 Å². The maximum absolute atomic E-state index is 11.5. The average molecular weight is 278 g/mol. The fraction of sp³-hybridized carbons (Fsp3) is 0.267. The van der Waals surface area contributed by atoms with E-state index < -0.39 is 0 Å². The van der Waals surface area contributed by atoms with Crippen molar-refractivity contribution < 1.29 is 9.53 Å². The Morgan fingerprint density at radius 3 is 3.00 bits per heavy atom. The number of hydrogen-bond donors (Lipinski definition) is 1. The highest BCUT2D eigenvalue weighted by Gasteiger charge is 2.10. The summed E-state index contributed by atoms with van der Waals surface area (Å²) in [6.45, 7) is 4.31. The minimum atomic E-state index is -0.104. The molecule has 0 aliphatic carbocycles. The quantitative estimate of drug-likeness (QED) is 0.862. The van der Waals surface area contributed by atoms with Gasteiger partial charge in [0, 0.05) is 22.7 Å². The van der Waals surface area contributed by atoms with Gasteiger partial charge in [-0.2, -0.15) is 0 Å². The summed E-state index contributed by atoms with van der Waals surface area (Å²) in [5, 5.41) is 3.46. The van der Waals surface area contributed by atoms with E-state index in [1.165, 1.54) is 6.08 Å². The van der Waals surface area contributed by atoms with Crippen LogP contribution in [0.5, 0.6) is 5.75 Å². The van der Waals surface area contributed by atoms with Gasteiger partial charge in [0.15, 0.2) is 0 Å². The van der Waals surface area contributed by atoms with Gasteiger partial charge in [0.1, 0.15) is 12.4 Å². The van der Waals surface area contributed by atoms with Gasteiger partial charge in [-0.25, -0.2) is 0 Å². The largest absolute Gasteiger partial charge is 0.488 e. The highest BCUT2D eigenvalue weighted by molar-refractivity contribution is 6.30. The Bertz CT molecular complexity index is 547. The zero-order valence-corrected chi connectivity index (χ0v) is 11.7. The van der Waals surface area contributed by atoms with Gasteiger partial charge in [0.05, 0.1) is 0 Å². The molecule has 0 saturated carbocycles. The molecule has 1 amide bonds. The van der Waals surface area contributed by atoms with Crippen LogP contribution in [0.4, 0.5) is 0 Å². The van der Waals surface area contributed by atoms with Crippen molar-refractivity contribution in [2.24, 2.45) is 0 Å². The van der Waals surface area contributed by atoms with Crippen molar-refractivity contribution in [3.8, 4) is 5.75 Å². The fourth-order valence-electron chi connectivity index (χ4n) is 1.78. The van der Waals surface area contributed by atoms with Gasteiger partial charge < -0.3 is 10.1 Å². The van der Waals surface area contributed by atoms with E-state index >= 15 is 0 Å². The first-order chi connectivity index (χ1) is 9.04. The third-order valence-corrected chi connectivity index (χ3v) is 2.82. The number of amides is 1. The lowest BCUT2D eigenvalue weighted by molar-refractivity contribution is -0.116. The molecule has 0 bridgehead atoms. The molecule has 0 fully saturated rings. The maximum atomic E-state index is 11.5. The summed E-state index contributed by atoms with van der Waals surface area (Å²) in [6, 6.07) is 5.62. The van der Waals surface area contributed by atoms with E-state index in [1.807, 2.05) is 32.1 Å². The summed E-state index contributed by atoms with van der Waals surface area (Å²) in [4.78, 5) is 11.5. The number of halogens is 1. The first-order valence-corrected chi connectivity index (χ1v) is 6.54.